The van der Waals surface area contributed by atoms with Crippen LogP contribution in [0.25, 0.3) is 6.08 Å². The first-order valence-electron chi connectivity index (χ1n) is 12.1. The van der Waals surface area contributed by atoms with E-state index < -0.39 is 17.1 Å². The Hall–Kier alpha value is -2.83. The molecule has 10 heteroatoms. The van der Waals surface area contributed by atoms with E-state index in [-0.39, 0.29) is 11.4 Å². The van der Waals surface area contributed by atoms with Crippen LogP contribution in [0.4, 0.5) is 10.5 Å². The second-order valence-corrected chi connectivity index (χ2v) is 11.9. The van der Waals surface area contributed by atoms with Crippen LogP contribution < -0.4 is 14.8 Å². The van der Waals surface area contributed by atoms with Crippen molar-refractivity contribution in [2.24, 2.45) is 0 Å². The normalized spacial score (nSPS) is 14.2. The van der Waals surface area contributed by atoms with Gasteiger partial charge in [-0.3, -0.25) is 19.3 Å². The quantitative estimate of drug-likeness (QED) is 0.184. The number of imide groups is 1. The van der Waals surface area contributed by atoms with Gasteiger partial charge in [-0.1, -0.05) is 34.1 Å². The van der Waals surface area contributed by atoms with Crippen LogP contribution in [-0.2, 0) is 16.2 Å². The summed E-state index contributed by atoms with van der Waals surface area (Å²) in [6, 6.07) is 17.1. The summed E-state index contributed by atoms with van der Waals surface area (Å²) in [7, 11) is 0. The predicted molar refractivity (Wildman–Crippen MR) is 166 cm³/mol. The maximum atomic E-state index is 13.0. The number of nitrogens with zero attached hydrogens (tertiary/aromatic N) is 1. The van der Waals surface area contributed by atoms with E-state index in [0.717, 1.165) is 41.4 Å². The number of carbonyl (C=O) groups is 3. The highest BCUT2D eigenvalue weighted by molar-refractivity contribution is 14.1. The molecule has 0 radical (unpaired) electrons. The van der Waals surface area contributed by atoms with Crippen LogP contribution in [0, 0.1) is 17.4 Å². The summed E-state index contributed by atoms with van der Waals surface area (Å²) in [5.41, 5.74) is 4.45. The van der Waals surface area contributed by atoms with E-state index in [4.69, 9.17) is 9.47 Å². The number of anilines is 1. The summed E-state index contributed by atoms with van der Waals surface area (Å²) in [5, 5.41) is 2.27. The van der Waals surface area contributed by atoms with Gasteiger partial charge in [0.05, 0.1) is 15.1 Å². The predicted octanol–water partition coefficient (Wildman–Crippen LogP) is 7.32. The van der Waals surface area contributed by atoms with Crippen LogP contribution in [0.3, 0.4) is 0 Å². The maximum absolute atomic E-state index is 13.0. The fourth-order valence-corrected chi connectivity index (χ4v) is 5.65. The zero-order valence-corrected chi connectivity index (χ0v) is 26.1. The van der Waals surface area contributed by atoms with Gasteiger partial charge in [0.2, 0.25) is 5.91 Å². The molecule has 4 rings (SSSR count). The van der Waals surface area contributed by atoms with Crippen LogP contribution in [0.2, 0.25) is 0 Å². The molecule has 1 aliphatic rings. The molecule has 1 aliphatic heterocycles. The third kappa shape index (κ3) is 7.43. The molecule has 0 aliphatic carbocycles. The molecule has 7 nitrogen and oxygen atoms in total. The molecule has 0 spiro atoms. The Kier molecular flexibility index (Phi) is 9.73. The highest BCUT2D eigenvalue weighted by atomic mass is 127. The van der Waals surface area contributed by atoms with Crippen molar-refractivity contribution in [1.29, 1.82) is 0 Å². The van der Waals surface area contributed by atoms with E-state index in [1.807, 2.05) is 63.2 Å². The fourth-order valence-electron chi connectivity index (χ4n) is 3.76. The molecule has 1 saturated heterocycles. The summed E-state index contributed by atoms with van der Waals surface area (Å²) in [4.78, 5) is 39.4. The first-order chi connectivity index (χ1) is 18.6. The Morgan fingerprint density at radius 2 is 1.79 bits per heavy atom. The highest BCUT2D eigenvalue weighted by Crippen LogP contribution is 2.38. The topological polar surface area (TPSA) is 84.9 Å². The van der Waals surface area contributed by atoms with Crippen molar-refractivity contribution >= 4 is 79.1 Å². The summed E-state index contributed by atoms with van der Waals surface area (Å²) in [6.45, 7) is 6.25. The number of aryl methyl sites for hydroxylation is 2. The molecule has 1 N–H and O–H groups in total. The third-order valence-electron chi connectivity index (χ3n) is 5.89. The molecule has 39 heavy (non-hydrogen) atoms. The van der Waals surface area contributed by atoms with Gasteiger partial charge in [0, 0.05) is 10.2 Å². The number of rotatable bonds is 9. The van der Waals surface area contributed by atoms with Crippen molar-refractivity contribution in [3.63, 3.8) is 0 Å². The van der Waals surface area contributed by atoms with Crippen LogP contribution in [0.5, 0.6) is 11.5 Å². The molecule has 1 fully saturated rings. The van der Waals surface area contributed by atoms with Crippen LogP contribution >= 0.6 is 50.3 Å². The lowest BCUT2D eigenvalue weighted by Crippen LogP contribution is -2.36. The zero-order chi connectivity index (χ0) is 28.1. The molecule has 0 atom stereocenters. The first kappa shape index (κ1) is 29.2. The van der Waals surface area contributed by atoms with Gasteiger partial charge in [-0.25, -0.2) is 0 Å². The van der Waals surface area contributed by atoms with Crippen molar-refractivity contribution in [2.45, 2.75) is 27.4 Å². The fraction of sp³-hybridized carbons (Fsp3) is 0.207. The van der Waals surface area contributed by atoms with Crippen LogP contribution in [0.1, 0.15) is 29.2 Å². The monoisotopic (exact) mass is 720 g/mol. The second-order valence-electron chi connectivity index (χ2n) is 8.79. The minimum Gasteiger partial charge on any atom is -0.490 e. The second kappa shape index (κ2) is 13.0. The van der Waals surface area contributed by atoms with Crippen molar-refractivity contribution in [3.05, 3.63) is 89.8 Å². The summed E-state index contributed by atoms with van der Waals surface area (Å²) < 4.78 is 13.7. The van der Waals surface area contributed by atoms with Crippen molar-refractivity contribution in [2.75, 3.05) is 18.5 Å². The molecule has 202 valence electrons. The Labute approximate surface area is 253 Å². The molecular weight excluding hydrogens is 695 g/mol. The summed E-state index contributed by atoms with van der Waals surface area (Å²) in [5.74, 6) is 0.194. The zero-order valence-electron chi connectivity index (χ0n) is 21.5. The molecular formula is C29H26BrIN2O5S. The number of carbonyl (C=O) groups excluding carboxylic acids is 3. The third-order valence-corrected chi connectivity index (χ3v) is 8.13. The van der Waals surface area contributed by atoms with E-state index in [1.165, 1.54) is 0 Å². The first-order valence-corrected chi connectivity index (χ1v) is 14.8. The standard InChI is InChI=1S/C29H26BrIN2O5S/c1-4-37-24-13-20(12-23(31)27(24)38-16-19-6-8-21(30)9-7-19)14-25-28(35)33(29(36)39-25)15-26(34)32-22-10-5-17(2)18(3)11-22/h5-14H,4,15-16H2,1-3H3,(H,32,34)/b25-14+. The number of ether oxygens (including phenoxy) is 2. The number of halogens is 2. The van der Waals surface area contributed by atoms with E-state index >= 15 is 0 Å². The van der Waals surface area contributed by atoms with Crippen molar-refractivity contribution < 1.29 is 23.9 Å². The number of benzene rings is 3. The maximum Gasteiger partial charge on any atom is 0.294 e. The Balaban J connectivity index is 1.48. The van der Waals surface area contributed by atoms with E-state index in [0.29, 0.717) is 36.0 Å². The van der Waals surface area contributed by atoms with Crippen LogP contribution in [-0.4, -0.2) is 35.1 Å². The number of hydrogen-bond acceptors (Lipinski definition) is 6. The number of hydrogen-bond donors (Lipinski definition) is 1. The molecule has 3 amide bonds. The van der Waals surface area contributed by atoms with E-state index in [9.17, 15) is 14.4 Å². The van der Waals surface area contributed by atoms with Gasteiger partial charge in [-0.05, 0) is 120 Å². The molecule has 3 aromatic rings. The van der Waals surface area contributed by atoms with Gasteiger partial charge in [-0.15, -0.1) is 0 Å². The Morgan fingerprint density at radius 1 is 1.05 bits per heavy atom. The number of thioether (sulfide) groups is 1. The Morgan fingerprint density at radius 3 is 2.49 bits per heavy atom. The minimum atomic E-state index is -0.510. The molecule has 0 bridgehead atoms. The minimum absolute atomic E-state index is 0.237. The lowest BCUT2D eigenvalue weighted by atomic mass is 10.1. The summed E-state index contributed by atoms with van der Waals surface area (Å²) >= 11 is 6.41. The lowest BCUT2D eigenvalue weighted by Gasteiger charge is -2.15. The molecule has 0 unspecified atom stereocenters. The van der Waals surface area contributed by atoms with Crippen molar-refractivity contribution in [3.8, 4) is 11.5 Å². The largest absolute Gasteiger partial charge is 0.490 e. The average molecular weight is 721 g/mol. The lowest BCUT2D eigenvalue weighted by molar-refractivity contribution is -0.127. The van der Waals surface area contributed by atoms with Crippen molar-refractivity contribution in [1.82, 2.24) is 4.90 Å². The summed E-state index contributed by atoms with van der Waals surface area (Å²) in [6.07, 6.45) is 1.63. The van der Waals surface area contributed by atoms with Gasteiger partial charge in [0.1, 0.15) is 13.2 Å². The van der Waals surface area contributed by atoms with Crippen LogP contribution in [0.15, 0.2) is 64.0 Å². The van der Waals surface area contributed by atoms with Gasteiger partial charge in [0.25, 0.3) is 11.1 Å². The highest BCUT2D eigenvalue weighted by Gasteiger charge is 2.36. The number of nitrogens with one attached hydrogen (secondary N) is 1. The van der Waals surface area contributed by atoms with Gasteiger partial charge in [0.15, 0.2) is 11.5 Å². The van der Waals surface area contributed by atoms with Gasteiger partial charge >= 0.3 is 0 Å². The molecule has 1 heterocycles. The smallest absolute Gasteiger partial charge is 0.294 e. The molecule has 0 saturated carbocycles. The van der Waals surface area contributed by atoms with E-state index in [1.54, 1.807) is 18.2 Å². The van der Waals surface area contributed by atoms with E-state index in [2.05, 4.69) is 43.8 Å². The number of amides is 3. The van der Waals surface area contributed by atoms with Gasteiger partial charge < -0.3 is 14.8 Å². The molecule has 3 aromatic carbocycles. The average Bonchev–Trinajstić information content (AvgIpc) is 3.14. The molecule has 0 aromatic heterocycles. The SMILES string of the molecule is CCOc1cc(/C=C2/SC(=O)N(CC(=O)Nc3ccc(C)c(C)c3)C2=O)cc(I)c1OCc1ccc(Br)cc1. The Bertz CT molecular complexity index is 1460. The van der Waals surface area contributed by atoms with Gasteiger partial charge in [-0.2, -0.15) is 0 Å².